The van der Waals surface area contributed by atoms with E-state index in [-0.39, 0.29) is 39.3 Å². The van der Waals surface area contributed by atoms with Gasteiger partial charge in [-0.15, -0.1) is 0 Å². The van der Waals surface area contributed by atoms with Crippen LogP contribution in [0.2, 0.25) is 0 Å². The number of carbonyl (C=O) groups excluding carboxylic acids is 1. The summed E-state index contributed by atoms with van der Waals surface area (Å²) in [6, 6.07) is 21.4. The van der Waals surface area contributed by atoms with Crippen molar-refractivity contribution in [3.05, 3.63) is 116 Å². The first kappa shape index (κ1) is 25.2. The Labute approximate surface area is 223 Å². The molecule has 0 aliphatic heterocycles. The van der Waals surface area contributed by atoms with Crippen molar-refractivity contribution in [1.29, 1.82) is 5.26 Å². The molecule has 5 rings (SSSR count). The molecule has 0 amide bonds. The van der Waals surface area contributed by atoms with Crippen molar-refractivity contribution in [2.75, 3.05) is 5.73 Å². The molecule has 2 N–H and O–H groups in total. The van der Waals surface area contributed by atoms with Crippen molar-refractivity contribution in [2.45, 2.75) is 13.8 Å². The molecule has 0 aliphatic carbocycles. The van der Waals surface area contributed by atoms with Crippen LogP contribution in [-0.2, 0) is 14.1 Å². The maximum Gasteiger partial charge on any atom is 0.282 e. The monoisotopic (exact) mass is 519 g/mol. The fraction of sp³-hybridized carbons (Fsp3) is 0.138. The van der Waals surface area contributed by atoms with Crippen LogP contribution >= 0.6 is 0 Å². The number of hydrogen-bond donors (Lipinski definition) is 1. The van der Waals surface area contributed by atoms with Gasteiger partial charge in [-0.3, -0.25) is 23.7 Å². The quantitative estimate of drug-likeness (QED) is 0.355. The topological polar surface area (TPSA) is 134 Å². The van der Waals surface area contributed by atoms with Crippen LogP contribution in [0.4, 0.5) is 5.82 Å². The molecule has 0 aliphatic rings. The van der Waals surface area contributed by atoms with Gasteiger partial charge < -0.3 is 5.73 Å². The summed E-state index contributed by atoms with van der Waals surface area (Å²) in [4.78, 5) is 45.0. The van der Waals surface area contributed by atoms with Gasteiger partial charge in [0.2, 0.25) is 5.78 Å². The van der Waals surface area contributed by atoms with Crippen LogP contribution in [0.5, 0.6) is 0 Å². The van der Waals surface area contributed by atoms with E-state index in [4.69, 9.17) is 5.73 Å². The smallest absolute Gasteiger partial charge is 0.282 e. The molecule has 3 aromatic heterocycles. The minimum absolute atomic E-state index is 0.00414. The van der Waals surface area contributed by atoms with Gasteiger partial charge in [0.05, 0.1) is 33.8 Å². The molecule has 3 heterocycles. The summed E-state index contributed by atoms with van der Waals surface area (Å²) in [5, 5.41) is 10.0. The van der Waals surface area contributed by atoms with Crippen molar-refractivity contribution in [3.8, 4) is 28.7 Å². The minimum atomic E-state index is -0.651. The van der Waals surface area contributed by atoms with E-state index in [2.05, 4.69) is 4.98 Å². The van der Waals surface area contributed by atoms with Crippen molar-refractivity contribution in [2.24, 2.45) is 14.1 Å². The summed E-state index contributed by atoms with van der Waals surface area (Å²) in [7, 11) is 3.42. The molecule has 0 saturated carbocycles. The Balaban J connectivity index is 1.67. The molecule has 0 radical (unpaired) electrons. The second-order valence-electron chi connectivity index (χ2n) is 9.13. The number of pyridine rings is 1. The number of para-hydroxylation sites is 2. The number of nitrogens with zero attached hydrogens (tertiary/aromatic N) is 6. The lowest BCUT2D eigenvalue weighted by atomic mass is 9.99. The van der Waals surface area contributed by atoms with Crippen molar-refractivity contribution >= 4 is 11.6 Å². The summed E-state index contributed by atoms with van der Waals surface area (Å²) in [5.74, 6) is -0.834. The summed E-state index contributed by atoms with van der Waals surface area (Å²) < 4.78 is 6.13. The third-order valence-corrected chi connectivity index (χ3v) is 6.99. The second kappa shape index (κ2) is 9.46. The molecule has 0 bridgehead atoms. The predicted molar refractivity (Wildman–Crippen MR) is 147 cm³/mol. The van der Waals surface area contributed by atoms with E-state index in [1.165, 1.54) is 15.4 Å². The fourth-order valence-electron chi connectivity index (χ4n) is 4.79. The standard InChI is InChI=1S/C29H25N7O3/c1-17-23(28(38)35(33(17)3)20-11-7-5-8-12-20)25-19(16-30)15-22(27(31)32-25)26(37)24-18(2)34(4)36(29(24)39)21-13-9-6-10-14-21/h5-15H,1-4H3,(H2,31,32). The number of ketones is 1. The highest BCUT2D eigenvalue weighted by Crippen LogP contribution is 2.28. The molecule has 0 spiro atoms. The molecule has 194 valence electrons. The number of hydrogen-bond acceptors (Lipinski definition) is 6. The Morgan fingerprint density at radius 2 is 1.36 bits per heavy atom. The molecular formula is C29H25N7O3. The van der Waals surface area contributed by atoms with Gasteiger partial charge >= 0.3 is 0 Å². The minimum Gasteiger partial charge on any atom is -0.383 e. The average molecular weight is 520 g/mol. The van der Waals surface area contributed by atoms with E-state index in [0.29, 0.717) is 22.8 Å². The molecule has 0 fully saturated rings. The SMILES string of the molecule is Cc1c(C(=O)c2cc(C#N)c(-c3c(C)n(C)n(-c4ccccc4)c3=O)nc2N)c(=O)n(-c2ccccc2)n1C. The normalized spacial score (nSPS) is 10.9. The molecule has 0 unspecified atom stereocenters. The van der Waals surface area contributed by atoms with Gasteiger partial charge in [0.15, 0.2) is 0 Å². The largest absolute Gasteiger partial charge is 0.383 e. The van der Waals surface area contributed by atoms with Crippen molar-refractivity contribution < 1.29 is 4.79 Å². The molecule has 5 aromatic rings. The highest BCUT2D eigenvalue weighted by atomic mass is 16.2. The first-order valence-corrected chi connectivity index (χ1v) is 12.1. The Kier molecular flexibility index (Phi) is 6.12. The Hall–Kier alpha value is -5.43. The Bertz CT molecular complexity index is 1920. The number of nitrogens with two attached hydrogens (primary N) is 1. The van der Waals surface area contributed by atoms with Crippen LogP contribution in [0.15, 0.2) is 76.3 Å². The third kappa shape index (κ3) is 3.88. The maximum atomic E-state index is 13.7. The molecule has 10 heteroatoms. The highest BCUT2D eigenvalue weighted by molar-refractivity contribution is 6.12. The zero-order valence-electron chi connectivity index (χ0n) is 21.8. The highest BCUT2D eigenvalue weighted by Gasteiger charge is 2.28. The first-order valence-electron chi connectivity index (χ1n) is 12.1. The number of aromatic nitrogens is 5. The summed E-state index contributed by atoms with van der Waals surface area (Å²) in [6.45, 7) is 3.41. The van der Waals surface area contributed by atoms with E-state index in [9.17, 15) is 19.6 Å². The van der Waals surface area contributed by atoms with E-state index in [0.717, 1.165) is 0 Å². The second-order valence-corrected chi connectivity index (χ2v) is 9.13. The first-order chi connectivity index (χ1) is 18.7. The number of rotatable bonds is 5. The fourth-order valence-corrected chi connectivity index (χ4v) is 4.79. The average Bonchev–Trinajstić information content (AvgIpc) is 3.30. The number of carbonyl (C=O) groups is 1. The lowest BCUT2D eigenvalue weighted by Gasteiger charge is -2.09. The van der Waals surface area contributed by atoms with Crippen LogP contribution in [0.1, 0.15) is 32.9 Å². The number of benzene rings is 2. The van der Waals surface area contributed by atoms with Gasteiger partial charge in [0, 0.05) is 25.5 Å². The molecular weight excluding hydrogens is 494 g/mol. The third-order valence-electron chi connectivity index (χ3n) is 6.99. The number of anilines is 1. The zero-order chi connectivity index (χ0) is 28.0. The number of nitriles is 1. The lowest BCUT2D eigenvalue weighted by Crippen LogP contribution is -2.23. The van der Waals surface area contributed by atoms with Crippen LogP contribution in [0.3, 0.4) is 0 Å². The summed E-state index contributed by atoms with van der Waals surface area (Å²) in [6.07, 6.45) is 0. The zero-order valence-corrected chi connectivity index (χ0v) is 21.8. The maximum absolute atomic E-state index is 13.7. The lowest BCUT2D eigenvalue weighted by molar-refractivity contribution is 0.103. The molecule has 39 heavy (non-hydrogen) atoms. The molecule has 2 aromatic carbocycles. The van der Waals surface area contributed by atoms with Crippen molar-refractivity contribution in [1.82, 2.24) is 23.7 Å². The van der Waals surface area contributed by atoms with E-state index >= 15 is 0 Å². The van der Waals surface area contributed by atoms with Crippen LogP contribution in [0, 0.1) is 25.2 Å². The molecule has 0 saturated heterocycles. The predicted octanol–water partition coefficient (Wildman–Crippen LogP) is 3.03. The van der Waals surface area contributed by atoms with E-state index in [1.807, 2.05) is 30.3 Å². The van der Waals surface area contributed by atoms with Gasteiger partial charge in [-0.2, -0.15) is 5.26 Å². The van der Waals surface area contributed by atoms with Gasteiger partial charge in [0.1, 0.15) is 17.5 Å². The van der Waals surface area contributed by atoms with Crippen LogP contribution < -0.4 is 16.9 Å². The molecule has 10 nitrogen and oxygen atoms in total. The summed E-state index contributed by atoms with van der Waals surface area (Å²) in [5.41, 5.74) is 7.71. The van der Waals surface area contributed by atoms with E-state index in [1.54, 1.807) is 73.7 Å². The van der Waals surface area contributed by atoms with Gasteiger partial charge in [0.25, 0.3) is 11.1 Å². The Morgan fingerprint density at radius 3 is 1.90 bits per heavy atom. The number of nitrogen functional groups attached to an aromatic ring is 1. The van der Waals surface area contributed by atoms with Gasteiger partial charge in [-0.25, -0.2) is 14.3 Å². The Morgan fingerprint density at radius 1 is 0.846 bits per heavy atom. The van der Waals surface area contributed by atoms with Gasteiger partial charge in [-0.1, -0.05) is 36.4 Å². The van der Waals surface area contributed by atoms with Crippen LogP contribution in [-0.4, -0.2) is 29.5 Å². The molecule has 0 atom stereocenters. The van der Waals surface area contributed by atoms with Gasteiger partial charge in [-0.05, 0) is 44.2 Å². The van der Waals surface area contributed by atoms with Crippen molar-refractivity contribution in [3.63, 3.8) is 0 Å². The van der Waals surface area contributed by atoms with E-state index < -0.39 is 11.3 Å². The van der Waals surface area contributed by atoms with Crippen LogP contribution in [0.25, 0.3) is 22.6 Å². The summed E-state index contributed by atoms with van der Waals surface area (Å²) >= 11 is 0.